The number of piperidine rings is 1. The molecule has 1 aromatic heterocycles. The molecule has 5 rings (SSSR count). The molecule has 2 aliphatic rings. The lowest BCUT2D eigenvalue weighted by atomic mass is 9.84. The zero-order valence-electron chi connectivity index (χ0n) is 15.9. The predicted molar refractivity (Wildman–Crippen MR) is 106 cm³/mol. The topological polar surface area (TPSA) is 42.3 Å². The van der Waals surface area contributed by atoms with Crippen molar-refractivity contribution in [3.8, 4) is 0 Å². The molecular formula is C23H22N2O2. The van der Waals surface area contributed by atoms with Crippen LogP contribution in [0.25, 0.3) is 10.9 Å². The first-order valence-electron chi connectivity index (χ1n) is 9.51. The van der Waals surface area contributed by atoms with Gasteiger partial charge in [0, 0.05) is 11.8 Å². The molecule has 0 aliphatic carbocycles. The number of nitrogens with zero attached hydrogens (tertiary/aromatic N) is 2. The van der Waals surface area contributed by atoms with Gasteiger partial charge in [-0.15, -0.1) is 0 Å². The van der Waals surface area contributed by atoms with Gasteiger partial charge in [0.25, 0.3) is 5.91 Å². The molecule has 1 fully saturated rings. The molecule has 1 saturated heterocycles. The summed E-state index contributed by atoms with van der Waals surface area (Å²) in [6.45, 7) is 6.14. The van der Waals surface area contributed by atoms with Crippen molar-refractivity contribution in [2.45, 2.75) is 45.6 Å². The van der Waals surface area contributed by atoms with Crippen molar-refractivity contribution in [2.75, 3.05) is 4.90 Å². The van der Waals surface area contributed by atoms with Gasteiger partial charge >= 0.3 is 0 Å². The summed E-state index contributed by atoms with van der Waals surface area (Å²) in [4.78, 5) is 28.6. The summed E-state index contributed by atoms with van der Waals surface area (Å²) in [5.41, 5.74) is 4.82. The van der Waals surface area contributed by atoms with Crippen LogP contribution in [0.2, 0.25) is 0 Å². The van der Waals surface area contributed by atoms with Crippen molar-refractivity contribution < 1.29 is 9.59 Å². The summed E-state index contributed by atoms with van der Waals surface area (Å²) in [5, 5.41) is 1.05. The molecule has 4 heteroatoms. The van der Waals surface area contributed by atoms with E-state index in [4.69, 9.17) is 0 Å². The van der Waals surface area contributed by atoms with Crippen LogP contribution in [-0.4, -0.2) is 16.4 Å². The minimum atomic E-state index is -0.529. The molecule has 27 heavy (non-hydrogen) atoms. The van der Waals surface area contributed by atoms with Gasteiger partial charge in [0.05, 0.1) is 28.0 Å². The Kier molecular flexibility index (Phi) is 3.21. The van der Waals surface area contributed by atoms with Gasteiger partial charge in [-0.25, -0.2) is 0 Å². The molecule has 3 heterocycles. The number of aryl methyl sites for hydroxylation is 2. The molecule has 0 N–H and O–H groups in total. The fourth-order valence-electron chi connectivity index (χ4n) is 4.81. The quantitative estimate of drug-likeness (QED) is 0.585. The first kappa shape index (κ1) is 16.3. The van der Waals surface area contributed by atoms with E-state index in [-0.39, 0.29) is 11.8 Å². The molecule has 3 aromatic rings. The number of hydrogen-bond acceptors (Lipinski definition) is 2. The summed E-state index contributed by atoms with van der Waals surface area (Å²) in [6.07, 6.45) is 2.20. The molecule has 1 amide bonds. The Hall–Kier alpha value is -2.88. The first-order chi connectivity index (χ1) is 12.9. The van der Waals surface area contributed by atoms with Crippen molar-refractivity contribution in [3.05, 3.63) is 64.8 Å². The van der Waals surface area contributed by atoms with E-state index in [0.717, 1.165) is 46.3 Å². The normalized spacial score (nSPS) is 21.7. The van der Waals surface area contributed by atoms with Crippen LogP contribution < -0.4 is 4.90 Å². The van der Waals surface area contributed by atoms with E-state index in [9.17, 15) is 9.59 Å². The number of benzene rings is 2. The number of fused-ring (bicyclic) bond motifs is 7. The number of hydrogen-bond donors (Lipinski definition) is 0. The molecule has 0 radical (unpaired) electrons. The van der Waals surface area contributed by atoms with Crippen molar-refractivity contribution in [1.82, 2.24) is 4.57 Å². The van der Waals surface area contributed by atoms with Gasteiger partial charge < -0.3 is 4.90 Å². The summed E-state index contributed by atoms with van der Waals surface area (Å²) < 4.78 is 1.84. The van der Waals surface area contributed by atoms with E-state index in [0.29, 0.717) is 12.0 Å². The minimum absolute atomic E-state index is 0.0500. The van der Waals surface area contributed by atoms with E-state index < -0.39 is 5.54 Å². The van der Waals surface area contributed by atoms with Crippen LogP contribution in [0, 0.1) is 13.8 Å². The highest BCUT2D eigenvalue weighted by molar-refractivity contribution is 6.11. The predicted octanol–water partition coefficient (Wildman–Crippen LogP) is 4.69. The van der Waals surface area contributed by atoms with E-state index in [1.54, 1.807) is 0 Å². The number of anilines is 1. The fraction of sp³-hybridized carbons (Fsp3) is 0.304. The Morgan fingerprint density at radius 3 is 2.52 bits per heavy atom. The van der Waals surface area contributed by atoms with Crippen molar-refractivity contribution in [3.63, 3.8) is 0 Å². The zero-order chi connectivity index (χ0) is 18.9. The third kappa shape index (κ3) is 2.10. The average molecular weight is 358 g/mol. The van der Waals surface area contributed by atoms with Gasteiger partial charge in [-0.2, -0.15) is 0 Å². The van der Waals surface area contributed by atoms with Gasteiger partial charge in [0.2, 0.25) is 5.91 Å². The number of amides is 1. The van der Waals surface area contributed by atoms with E-state index in [2.05, 4.69) is 26.0 Å². The maximum atomic E-state index is 13.7. The third-order valence-corrected chi connectivity index (χ3v) is 6.13. The Bertz CT molecular complexity index is 1140. The second-order valence-electron chi connectivity index (χ2n) is 8.11. The summed E-state index contributed by atoms with van der Waals surface area (Å²) in [5.74, 6) is 0.0440. The number of carbonyl (C=O) groups is 2. The van der Waals surface area contributed by atoms with Crippen LogP contribution in [0.4, 0.5) is 5.69 Å². The van der Waals surface area contributed by atoms with Crippen molar-refractivity contribution >= 4 is 28.4 Å². The van der Waals surface area contributed by atoms with Crippen LogP contribution in [0.1, 0.15) is 53.4 Å². The van der Waals surface area contributed by atoms with Gasteiger partial charge in [-0.1, -0.05) is 23.3 Å². The lowest BCUT2D eigenvalue weighted by Crippen LogP contribution is -2.51. The minimum Gasteiger partial charge on any atom is -0.300 e. The Morgan fingerprint density at radius 2 is 1.70 bits per heavy atom. The summed E-state index contributed by atoms with van der Waals surface area (Å²) in [6, 6.07) is 14.1. The van der Waals surface area contributed by atoms with E-state index in [1.165, 1.54) is 0 Å². The van der Waals surface area contributed by atoms with Gasteiger partial charge in [-0.05, 0) is 63.9 Å². The molecule has 0 spiro atoms. The van der Waals surface area contributed by atoms with E-state index in [1.807, 2.05) is 46.7 Å². The zero-order valence-corrected chi connectivity index (χ0v) is 15.9. The molecule has 136 valence electrons. The average Bonchev–Trinajstić information content (AvgIpc) is 2.98. The van der Waals surface area contributed by atoms with Crippen LogP contribution in [0.3, 0.4) is 0 Å². The molecular weight excluding hydrogens is 336 g/mol. The number of carbonyl (C=O) groups excluding carboxylic acids is 2. The second-order valence-corrected chi connectivity index (χ2v) is 8.11. The van der Waals surface area contributed by atoms with Gasteiger partial charge in [-0.3, -0.25) is 14.2 Å². The molecule has 1 unspecified atom stereocenters. The SMILES string of the molecule is Cc1ccc2c(c1)C(=O)n1c(cc3cc(C)ccc31)C1(C)CCCC(=O)N21. The highest BCUT2D eigenvalue weighted by atomic mass is 16.2. The van der Waals surface area contributed by atoms with Crippen molar-refractivity contribution in [1.29, 1.82) is 0 Å². The molecule has 2 aromatic carbocycles. The van der Waals surface area contributed by atoms with Gasteiger partial charge in [0.15, 0.2) is 0 Å². The van der Waals surface area contributed by atoms with Gasteiger partial charge in [0.1, 0.15) is 0 Å². The number of rotatable bonds is 0. The largest absolute Gasteiger partial charge is 0.300 e. The fourth-order valence-corrected chi connectivity index (χ4v) is 4.81. The lowest BCUT2D eigenvalue weighted by Gasteiger charge is -2.44. The second kappa shape index (κ2) is 5.32. The van der Waals surface area contributed by atoms with Crippen LogP contribution in [-0.2, 0) is 10.3 Å². The molecule has 1 atom stereocenters. The maximum Gasteiger partial charge on any atom is 0.264 e. The summed E-state index contributed by atoms with van der Waals surface area (Å²) >= 11 is 0. The highest BCUT2D eigenvalue weighted by Crippen LogP contribution is 2.46. The molecule has 0 saturated carbocycles. The molecule has 0 bridgehead atoms. The monoisotopic (exact) mass is 358 g/mol. The Balaban J connectivity index is 1.93. The first-order valence-corrected chi connectivity index (χ1v) is 9.51. The maximum absolute atomic E-state index is 13.7. The standard InChI is InChI=1S/C23H22N2O2/c1-14-6-8-18-16(11-14)13-20-23(3)10-4-5-21(26)25(23)19-9-7-15(2)12-17(19)22(27)24(18)20/h6-9,11-13H,4-5,10H2,1-3H3. The van der Waals surface area contributed by atoms with Crippen molar-refractivity contribution in [2.24, 2.45) is 0 Å². The highest BCUT2D eigenvalue weighted by Gasteiger charge is 2.47. The molecule has 2 aliphatic heterocycles. The van der Waals surface area contributed by atoms with E-state index >= 15 is 0 Å². The Labute approximate surface area is 158 Å². The van der Waals surface area contributed by atoms with Crippen LogP contribution in [0.5, 0.6) is 0 Å². The Morgan fingerprint density at radius 1 is 0.963 bits per heavy atom. The third-order valence-electron chi connectivity index (χ3n) is 6.13. The number of aromatic nitrogens is 1. The van der Waals surface area contributed by atoms with Crippen LogP contribution >= 0.6 is 0 Å². The molecule has 4 nitrogen and oxygen atoms in total. The van der Waals surface area contributed by atoms with Crippen LogP contribution in [0.15, 0.2) is 42.5 Å². The summed E-state index contributed by atoms with van der Waals surface area (Å²) in [7, 11) is 0. The smallest absolute Gasteiger partial charge is 0.264 e. The lowest BCUT2D eigenvalue weighted by molar-refractivity contribution is -0.121.